The molecule has 1 heterocycles. The molecule has 6 heteroatoms. The smallest absolute Gasteiger partial charge is 0.241 e. The number of phenolic OH excluding ortho intramolecular Hbond substituents is 1. The molecule has 1 aromatic heterocycles. The van der Waals surface area contributed by atoms with Crippen molar-refractivity contribution in [2.24, 2.45) is 0 Å². The van der Waals surface area contributed by atoms with Gasteiger partial charge in [0, 0.05) is 15.8 Å². The Kier molecular flexibility index (Phi) is 4.17. The predicted octanol–water partition coefficient (Wildman–Crippen LogP) is 3.11. The highest BCUT2D eigenvalue weighted by molar-refractivity contribution is 7.89. The lowest BCUT2D eigenvalue weighted by Gasteiger charge is -2.14. The summed E-state index contributed by atoms with van der Waals surface area (Å²) in [6, 6.07) is 7.20. The van der Waals surface area contributed by atoms with Crippen molar-refractivity contribution in [3.8, 4) is 5.75 Å². The maximum Gasteiger partial charge on any atom is 0.241 e. The van der Waals surface area contributed by atoms with Crippen molar-refractivity contribution in [1.82, 2.24) is 4.72 Å². The molecule has 0 amide bonds. The average molecular weight is 311 g/mol. The summed E-state index contributed by atoms with van der Waals surface area (Å²) >= 11 is 1.65. The Balaban J connectivity index is 2.24. The minimum atomic E-state index is -3.59. The number of aromatic hydroxyl groups is 1. The standard InChI is InChI=1S/C14H17NO3S2/c1-9-8-14(11(3)19-9)10(2)15-20(17,18)13-6-4-12(16)5-7-13/h4-8,10,15-16H,1-3H3. The van der Waals surface area contributed by atoms with Crippen LogP contribution in [-0.4, -0.2) is 13.5 Å². The Morgan fingerprint density at radius 3 is 2.30 bits per heavy atom. The summed E-state index contributed by atoms with van der Waals surface area (Å²) in [6.45, 7) is 5.81. The summed E-state index contributed by atoms with van der Waals surface area (Å²) in [5.74, 6) is 0.0429. The van der Waals surface area contributed by atoms with Crippen molar-refractivity contribution in [2.75, 3.05) is 0 Å². The molecule has 4 nitrogen and oxygen atoms in total. The second kappa shape index (κ2) is 5.55. The molecule has 1 aromatic carbocycles. The molecule has 1 unspecified atom stereocenters. The van der Waals surface area contributed by atoms with E-state index in [1.807, 2.05) is 26.8 Å². The zero-order chi connectivity index (χ0) is 14.9. The molecule has 0 fully saturated rings. The fourth-order valence-electron chi connectivity index (χ4n) is 2.07. The lowest BCUT2D eigenvalue weighted by Crippen LogP contribution is -2.26. The van der Waals surface area contributed by atoms with Gasteiger partial charge in [-0.2, -0.15) is 0 Å². The molecule has 2 aromatic rings. The molecule has 0 spiro atoms. The predicted molar refractivity (Wildman–Crippen MR) is 80.6 cm³/mol. The molecule has 0 aliphatic rings. The van der Waals surface area contributed by atoms with Gasteiger partial charge in [0.2, 0.25) is 10.0 Å². The second-order valence-corrected chi connectivity index (χ2v) is 7.88. The highest BCUT2D eigenvalue weighted by atomic mass is 32.2. The average Bonchev–Trinajstić information content (AvgIpc) is 2.68. The number of hydrogen-bond acceptors (Lipinski definition) is 4. The highest BCUT2D eigenvalue weighted by Gasteiger charge is 2.20. The third-order valence-corrected chi connectivity index (χ3v) is 5.56. The summed E-state index contributed by atoms with van der Waals surface area (Å²) in [7, 11) is -3.59. The first-order chi connectivity index (χ1) is 9.29. The molecule has 0 aliphatic heterocycles. The monoisotopic (exact) mass is 311 g/mol. The summed E-state index contributed by atoms with van der Waals surface area (Å²) < 4.78 is 27.2. The van der Waals surface area contributed by atoms with Gasteiger partial charge in [0.1, 0.15) is 5.75 Å². The zero-order valence-corrected chi connectivity index (χ0v) is 13.2. The Morgan fingerprint density at radius 1 is 1.20 bits per heavy atom. The van der Waals surface area contributed by atoms with E-state index in [9.17, 15) is 13.5 Å². The fraction of sp³-hybridized carbons (Fsp3) is 0.286. The molecule has 0 saturated carbocycles. The molecule has 1 atom stereocenters. The van der Waals surface area contributed by atoms with Crippen molar-refractivity contribution in [3.05, 3.63) is 45.6 Å². The van der Waals surface area contributed by atoms with Crippen molar-refractivity contribution in [3.63, 3.8) is 0 Å². The molecule has 108 valence electrons. The highest BCUT2D eigenvalue weighted by Crippen LogP contribution is 2.27. The van der Waals surface area contributed by atoms with Gasteiger partial charge >= 0.3 is 0 Å². The van der Waals surface area contributed by atoms with E-state index in [1.54, 1.807) is 11.3 Å². The summed E-state index contributed by atoms with van der Waals surface area (Å²) in [6.07, 6.45) is 0. The van der Waals surface area contributed by atoms with Gasteiger partial charge in [-0.05, 0) is 56.7 Å². The number of benzene rings is 1. The number of hydrogen-bond donors (Lipinski definition) is 2. The van der Waals surface area contributed by atoms with E-state index in [0.717, 1.165) is 15.3 Å². The normalized spacial score (nSPS) is 13.3. The molecule has 20 heavy (non-hydrogen) atoms. The molecular weight excluding hydrogens is 294 g/mol. The molecule has 0 saturated heterocycles. The van der Waals surface area contributed by atoms with Crippen molar-refractivity contribution >= 4 is 21.4 Å². The molecule has 2 N–H and O–H groups in total. The minimum absolute atomic E-state index is 0.0429. The van der Waals surface area contributed by atoms with E-state index < -0.39 is 10.0 Å². The van der Waals surface area contributed by atoms with Crippen LogP contribution in [0.3, 0.4) is 0 Å². The first-order valence-electron chi connectivity index (χ1n) is 6.18. The van der Waals surface area contributed by atoms with Crippen LogP contribution < -0.4 is 4.72 Å². The van der Waals surface area contributed by atoms with Crippen molar-refractivity contribution < 1.29 is 13.5 Å². The van der Waals surface area contributed by atoms with E-state index in [4.69, 9.17) is 0 Å². The molecular formula is C14H17NO3S2. The topological polar surface area (TPSA) is 66.4 Å². The van der Waals surface area contributed by atoms with Gasteiger partial charge in [0.15, 0.2) is 0 Å². The number of nitrogens with one attached hydrogen (secondary N) is 1. The quantitative estimate of drug-likeness (QED) is 0.911. The third kappa shape index (κ3) is 3.20. The van der Waals surface area contributed by atoms with Gasteiger partial charge in [-0.1, -0.05) is 0 Å². The molecule has 0 bridgehead atoms. The van der Waals surface area contributed by atoms with E-state index in [1.165, 1.54) is 24.3 Å². The van der Waals surface area contributed by atoms with Crippen LogP contribution in [0.4, 0.5) is 0 Å². The number of sulfonamides is 1. The number of phenols is 1. The van der Waals surface area contributed by atoms with Crippen molar-refractivity contribution in [1.29, 1.82) is 0 Å². The SMILES string of the molecule is Cc1cc(C(C)NS(=O)(=O)c2ccc(O)cc2)c(C)s1. The van der Waals surface area contributed by atoms with E-state index in [2.05, 4.69) is 4.72 Å². The minimum Gasteiger partial charge on any atom is -0.508 e. The Morgan fingerprint density at radius 2 is 1.80 bits per heavy atom. The Hall–Kier alpha value is -1.37. The van der Waals surface area contributed by atoms with Crippen LogP contribution in [0.1, 0.15) is 28.3 Å². The van der Waals surface area contributed by atoms with Gasteiger partial charge in [-0.15, -0.1) is 11.3 Å². The largest absolute Gasteiger partial charge is 0.508 e. The zero-order valence-electron chi connectivity index (χ0n) is 11.5. The van der Waals surface area contributed by atoms with Crippen LogP contribution in [0.2, 0.25) is 0 Å². The van der Waals surface area contributed by atoms with E-state index >= 15 is 0 Å². The van der Waals surface area contributed by atoms with Crippen LogP contribution in [0.5, 0.6) is 5.75 Å². The van der Waals surface area contributed by atoms with Crippen molar-refractivity contribution in [2.45, 2.75) is 31.7 Å². The van der Waals surface area contributed by atoms with Crippen LogP contribution in [-0.2, 0) is 10.0 Å². The molecule has 0 radical (unpaired) electrons. The first kappa shape index (κ1) is 15.0. The second-order valence-electron chi connectivity index (χ2n) is 4.71. The number of aryl methyl sites for hydroxylation is 2. The Bertz CT molecular complexity index is 703. The summed E-state index contributed by atoms with van der Waals surface area (Å²) in [5.41, 5.74) is 0.995. The molecule has 0 aliphatic carbocycles. The Labute approximate surface area is 123 Å². The first-order valence-corrected chi connectivity index (χ1v) is 8.48. The summed E-state index contributed by atoms with van der Waals surface area (Å²) in [4.78, 5) is 2.42. The fourth-order valence-corrected chi connectivity index (χ4v) is 4.32. The van der Waals surface area contributed by atoms with Crippen LogP contribution in [0.15, 0.2) is 35.2 Å². The number of thiophene rings is 1. The van der Waals surface area contributed by atoms with Gasteiger partial charge < -0.3 is 5.11 Å². The van der Waals surface area contributed by atoms with Gasteiger partial charge in [0.05, 0.1) is 4.90 Å². The van der Waals surface area contributed by atoms with E-state index in [-0.39, 0.29) is 16.7 Å². The van der Waals surface area contributed by atoms with E-state index in [0.29, 0.717) is 0 Å². The lowest BCUT2D eigenvalue weighted by atomic mass is 10.1. The maximum atomic E-state index is 12.3. The van der Waals surface area contributed by atoms with Gasteiger partial charge in [-0.25, -0.2) is 13.1 Å². The van der Waals surface area contributed by atoms with Crippen LogP contribution >= 0.6 is 11.3 Å². The van der Waals surface area contributed by atoms with Crippen LogP contribution in [0, 0.1) is 13.8 Å². The summed E-state index contributed by atoms with van der Waals surface area (Å²) in [5, 5.41) is 9.21. The van der Waals surface area contributed by atoms with Crippen LogP contribution in [0.25, 0.3) is 0 Å². The lowest BCUT2D eigenvalue weighted by molar-refractivity contribution is 0.474. The van der Waals surface area contributed by atoms with Gasteiger partial charge in [0.25, 0.3) is 0 Å². The number of rotatable bonds is 4. The van der Waals surface area contributed by atoms with Gasteiger partial charge in [-0.3, -0.25) is 0 Å². The maximum absolute atomic E-state index is 12.3. The third-order valence-electron chi connectivity index (χ3n) is 3.02. The molecule has 2 rings (SSSR count).